The molecule has 8 nitrogen and oxygen atoms in total. The van der Waals surface area contributed by atoms with E-state index in [0.29, 0.717) is 37.6 Å². The SMILES string of the molecule is CC(C)c1ccc(OCC(=O)N2CCC(S(=O)(=O)c3nncn3C)CC2)cc1. The van der Waals surface area contributed by atoms with Crippen LogP contribution in [0.1, 0.15) is 38.2 Å². The van der Waals surface area contributed by atoms with Crippen molar-refractivity contribution in [1.29, 1.82) is 0 Å². The molecule has 0 N–H and O–H groups in total. The third kappa shape index (κ3) is 4.35. The molecule has 0 atom stereocenters. The second-order valence-electron chi connectivity index (χ2n) is 7.36. The molecule has 0 radical (unpaired) electrons. The van der Waals surface area contributed by atoms with Crippen LogP contribution in [-0.4, -0.2) is 58.9 Å². The molecule has 9 heteroatoms. The number of ether oxygens (including phenoxy) is 1. The summed E-state index contributed by atoms with van der Waals surface area (Å²) in [6.45, 7) is 4.95. The van der Waals surface area contributed by atoms with Gasteiger partial charge in [0.15, 0.2) is 6.61 Å². The van der Waals surface area contributed by atoms with Crippen LogP contribution in [-0.2, 0) is 21.7 Å². The van der Waals surface area contributed by atoms with Crippen LogP contribution in [0.3, 0.4) is 0 Å². The number of sulfone groups is 1. The highest BCUT2D eigenvalue weighted by Crippen LogP contribution is 2.23. The lowest BCUT2D eigenvalue weighted by atomic mass is 10.0. The number of nitrogens with zero attached hydrogens (tertiary/aromatic N) is 4. The Morgan fingerprint density at radius 3 is 2.39 bits per heavy atom. The Hall–Kier alpha value is -2.42. The van der Waals surface area contributed by atoms with E-state index in [0.717, 1.165) is 0 Å². The van der Waals surface area contributed by atoms with Crippen LogP contribution in [0.25, 0.3) is 0 Å². The highest BCUT2D eigenvalue weighted by atomic mass is 32.2. The number of carbonyl (C=O) groups excluding carboxylic acids is 1. The number of likely N-dealkylation sites (tertiary alicyclic amines) is 1. The summed E-state index contributed by atoms with van der Waals surface area (Å²) in [4.78, 5) is 14.1. The lowest BCUT2D eigenvalue weighted by Crippen LogP contribution is -2.44. The Kier molecular flexibility index (Phi) is 6.02. The van der Waals surface area contributed by atoms with Crippen LogP contribution in [0.15, 0.2) is 35.7 Å². The first-order valence-electron chi connectivity index (χ1n) is 9.37. The van der Waals surface area contributed by atoms with Gasteiger partial charge in [0.25, 0.3) is 5.91 Å². The molecule has 0 unspecified atom stereocenters. The van der Waals surface area contributed by atoms with Crippen LogP contribution in [0.5, 0.6) is 5.75 Å². The van der Waals surface area contributed by atoms with E-state index in [1.54, 1.807) is 11.9 Å². The van der Waals surface area contributed by atoms with E-state index in [1.807, 2.05) is 24.3 Å². The van der Waals surface area contributed by atoms with Gasteiger partial charge < -0.3 is 14.2 Å². The molecule has 152 valence electrons. The number of benzene rings is 1. The second kappa shape index (κ2) is 8.30. The molecule has 1 aliphatic heterocycles. The zero-order chi connectivity index (χ0) is 20.3. The summed E-state index contributed by atoms with van der Waals surface area (Å²) in [5.41, 5.74) is 1.21. The second-order valence-corrected chi connectivity index (χ2v) is 9.48. The van der Waals surface area contributed by atoms with Gasteiger partial charge in [-0.3, -0.25) is 4.79 Å². The summed E-state index contributed by atoms with van der Waals surface area (Å²) in [5, 5.41) is 6.79. The number of aryl methyl sites for hydroxylation is 1. The molecule has 0 aliphatic carbocycles. The summed E-state index contributed by atoms with van der Waals surface area (Å²) in [5.74, 6) is 0.953. The quantitative estimate of drug-likeness (QED) is 0.726. The van der Waals surface area contributed by atoms with Crippen molar-refractivity contribution in [3.8, 4) is 5.75 Å². The highest BCUT2D eigenvalue weighted by Gasteiger charge is 2.35. The number of hydrogen-bond acceptors (Lipinski definition) is 6. The van der Waals surface area contributed by atoms with Gasteiger partial charge in [0.2, 0.25) is 15.0 Å². The minimum Gasteiger partial charge on any atom is -0.484 e. The fraction of sp³-hybridized carbons (Fsp3) is 0.526. The van der Waals surface area contributed by atoms with E-state index < -0.39 is 15.1 Å². The van der Waals surface area contributed by atoms with Crippen LogP contribution >= 0.6 is 0 Å². The van der Waals surface area contributed by atoms with Crippen LogP contribution in [0.2, 0.25) is 0 Å². The molecule has 3 rings (SSSR count). The maximum atomic E-state index is 12.7. The van der Waals surface area contributed by atoms with Gasteiger partial charge in [0, 0.05) is 20.1 Å². The molecule has 28 heavy (non-hydrogen) atoms. The maximum absolute atomic E-state index is 12.7. The predicted octanol–water partition coefficient (Wildman–Crippen LogP) is 1.78. The Bertz CT molecular complexity index is 914. The van der Waals surface area contributed by atoms with Crippen molar-refractivity contribution in [2.24, 2.45) is 7.05 Å². The number of amides is 1. The minimum absolute atomic E-state index is 0.0227. The molecular weight excluding hydrogens is 380 g/mol. The summed E-state index contributed by atoms with van der Waals surface area (Å²) in [6, 6.07) is 7.71. The smallest absolute Gasteiger partial charge is 0.260 e. The highest BCUT2D eigenvalue weighted by molar-refractivity contribution is 7.91. The molecule has 1 fully saturated rings. The number of aromatic nitrogens is 3. The van der Waals surface area contributed by atoms with Gasteiger partial charge in [-0.25, -0.2) is 8.42 Å². The van der Waals surface area contributed by atoms with Crippen molar-refractivity contribution >= 4 is 15.7 Å². The topological polar surface area (TPSA) is 94.4 Å². The monoisotopic (exact) mass is 406 g/mol. The van der Waals surface area contributed by atoms with Crippen LogP contribution in [0, 0.1) is 0 Å². The Morgan fingerprint density at radius 2 is 1.86 bits per heavy atom. The molecule has 0 saturated carbocycles. The Balaban J connectivity index is 1.52. The molecule has 0 spiro atoms. The fourth-order valence-corrected chi connectivity index (χ4v) is 5.02. The molecule has 2 heterocycles. The van der Waals surface area contributed by atoms with Crippen molar-refractivity contribution in [3.63, 3.8) is 0 Å². The van der Waals surface area contributed by atoms with Gasteiger partial charge in [-0.15, -0.1) is 10.2 Å². The maximum Gasteiger partial charge on any atom is 0.260 e. The van der Waals surface area contributed by atoms with Gasteiger partial charge in [-0.2, -0.15) is 0 Å². The van der Waals surface area contributed by atoms with Crippen LogP contribution in [0.4, 0.5) is 0 Å². The van der Waals surface area contributed by atoms with Crippen molar-refractivity contribution in [3.05, 3.63) is 36.2 Å². The first-order valence-corrected chi connectivity index (χ1v) is 10.9. The average molecular weight is 407 g/mol. The summed E-state index contributed by atoms with van der Waals surface area (Å²) in [6.07, 6.45) is 2.13. The van der Waals surface area contributed by atoms with E-state index in [-0.39, 0.29) is 17.7 Å². The largest absolute Gasteiger partial charge is 0.484 e. The third-order valence-electron chi connectivity index (χ3n) is 5.07. The van der Waals surface area contributed by atoms with Crippen molar-refractivity contribution in [1.82, 2.24) is 19.7 Å². The molecule has 1 saturated heterocycles. The molecule has 1 aromatic carbocycles. The van der Waals surface area contributed by atoms with Crippen molar-refractivity contribution < 1.29 is 17.9 Å². The number of carbonyl (C=O) groups is 1. The number of piperidine rings is 1. The zero-order valence-electron chi connectivity index (χ0n) is 16.4. The molecule has 1 aromatic heterocycles. The Labute approximate surface area is 165 Å². The number of hydrogen-bond donors (Lipinski definition) is 0. The molecule has 0 bridgehead atoms. The molecule has 1 amide bonds. The zero-order valence-corrected chi connectivity index (χ0v) is 17.2. The van der Waals surface area contributed by atoms with Gasteiger partial charge in [-0.05, 0) is 36.5 Å². The molecule has 2 aromatic rings. The first-order chi connectivity index (χ1) is 13.3. The van der Waals surface area contributed by atoms with E-state index >= 15 is 0 Å². The summed E-state index contributed by atoms with van der Waals surface area (Å²) in [7, 11) is -1.94. The van der Waals surface area contributed by atoms with Gasteiger partial charge in [-0.1, -0.05) is 26.0 Å². The standard InChI is InChI=1S/C19H26N4O4S/c1-14(2)15-4-6-16(7-5-15)27-12-18(24)23-10-8-17(9-11-23)28(25,26)19-21-20-13-22(19)3/h4-7,13-14,17H,8-12H2,1-3H3. The average Bonchev–Trinajstić information content (AvgIpc) is 3.13. The van der Waals surface area contributed by atoms with Crippen molar-refractivity contribution in [2.75, 3.05) is 19.7 Å². The normalized spacial score (nSPS) is 15.8. The first kappa shape index (κ1) is 20.3. The summed E-state index contributed by atoms with van der Waals surface area (Å²) < 4.78 is 32.4. The van der Waals surface area contributed by atoms with Crippen LogP contribution < -0.4 is 4.74 Å². The lowest BCUT2D eigenvalue weighted by molar-refractivity contribution is -0.134. The van der Waals surface area contributed by atoms with E-state index in [1.165, 1.54) is 16.5 Å². The van der Waals surface area contributed by atoms with E-state index in [2.05, 4.69) is 24.0 Å². The van der Waals surface area contributed by atoms with E-state index in [9.17, 15) is 13.2 Å². The third-order valence-corrected chi connectivity index (χ3v) is 7.29. The predicted molar refractivity (Wildman–Crippen MR) is 104 cm³/mol. The van der Waals surface area contributed by atoms with Gasteiger partial charge in [0.05, 0.1) is 5.25 Å². The Morgan fingerprint density at radius 1 is 1.21 bits per heavy atom. The van der Waals surface area contributed by atoms with E-state index in [4.69, 9.17) is 4.74 Å². The molecular formula is C19H26N4O4S. The fourth-order valence-electron chi connectivity index (χ4n) is 3.28. The molecule has 1 aliphatic rings. The lowest BCUT2D eigenvalue weighted by Gasteiger charge is -2.31. The van der Waals surface area contributed by atoms with Gasteiger partial charge >= 0.3 is 0 Å². The van der Waals surface area contributed by atoms with Crippen molar-refractivity contribution in [2.45, 2.75) is 43.0 Å². The number of rotatable bonds is 6. The minimum atomic E-state index is -3.54. The summed E-state index contributed by atoms with van der Waals surface area (Å²) >= 11 is 0. The van der Waals surface area contributed by atoms with Gasteiger partial charge in [0.1, 0.15) is 12.1 Å².